The van der Waals surface area contributed by atoms with Crippen molar-refractivity contribution in [3.05, 3.63) is 23.7 Å². The van der Waals surface area contributed by atoms with Crippen LogP contribution in [0.2, 0.25) is 0 Å². The van der Waals surface area contributed by atoms with Crippen molar-refractivity contribution in [1.82, 2.24) is 0 Å². The summed E-state index contributed by atoms with van der Waals surface area (Å²) in [5, 5.41) is 20.0. The van der Waals surface area contributed by atoms with Crippen molar-refractivity contribution in [3.8, 4) is 0 Å². The van der Waals surface area contributed by atoms with Gasteiger partial charge < -0.3 is 15.7 Å². The first-order chi connectivity index (χ1) is 6.25. The molecule has 0 bridgehead atoms. The minimum Gasteiger partial charge on any atom is -0.876 e. The van der Waals surface area contributed by atoms with Gasteiger partial charge in [0.2, 0.25) is 0 Å². The number of hydrogen-bond acceptors (Lipinski definition) is 4. The molecule has 0 aliphatic rings. The zero-order chi connectivity index (χ0) is 11.7. The molecule has 2 N–H and O–H groups in total. The molecule has 6 heteroatoms. The summed E-state index contributed by atoms with van der Waals surface area (Å²) in [5.41, 5.74) is 0. The molecule has 5 nitrogen and oxygen atoms in total. The Labute approximate surface area is 106 Å². The van der Waals surface area contributed by atoms with Gasteiger partial charge in [-0.3, -0.25) is 9.59 Å². The summed E-state index contributed by atoms with van der Waals surface area (Å²) in [5.74, 6) is -0.750. The second-order valence-electron chi connectivity index (χ2n) is 2.73. The first-order valence-electron chi connectivity index (χ1n) is 3.97. The molecule has 0 rings (SSSR count). The van der Waals surface area contributed by atoms with E-state index in [2.05, 4.69) is 0 Å². The molecule has 0 heterocycles. The minimum absolute atomic E-state index is 0. The van der Waals surface area contributed by atoms with Gasteiger partial charge in [-0.1, -0.05) is 13.8 Å². The predicted molar refractivity (Wildman–Crippen MR) is 52.5 cm³/mol. The van der Waals surface area contributed by atoms with Crippen molar-refractivity contribution < 1.29 is 42.3 Å². The monoisotopic (exact) mass is 272 g/mol. The van der Waals surface area contributed by atoms with E-state index in [1.807, 2.05) is 0 Å². The molecule has 94 valence electrons. The normalized spacial score (nSPS) is 10.0. The van der Waals surface area contributed by atoms with E-state index in [1.165, 1.54) is 27.7 Å². The van der Waals surface area contributed by atoms with Crippen LogP contribution in [-0.2, 0) is 26.7 Å². The number of ketones is 2. The van der Waals surface area contributed by atoms with Crippen molar-refractivity contribution in [3.63, 3.8) is 0 Å². The summed E-state index contributed by atoms with van der Waals surface area (Å²) in [6.07, 6.45) is 2.11. The Morgan fingerprint density at radius 2 is 1.00 bits per heavy atom. The summed E-state index contributed by atoms with van der Waals surface area (Å²) in [6, 6.07) is 0. The third-order valence-corrected chi connectivity index (χ3v) is 0.813. The first kappa shape index (κ1) is 24.2. The molecule has 0 atom stereocenters. The molecule has 0 aliphatic heterocycles. The van der Waals surface area contributed by atoms with Crippen molar-refractivity contribution >= 4 is 11.6 Å². The zero-order valence-corrected chi connectivity index (χ0v) is 10.7. The van der Waals surface area contributed by atoms with E-state index >= 15 is 0 Å². The molecule has 0 aromatic heterocycles. The van der Waals surface area contributed by atoms with Gasteiger partial charge in [-0.25, -0.2) is 0 Å². The molecule has 0 saturated heterocycles. The van der Waals surface area contributed by atoms with E-state index in [-0.39, 0.29) is 45.6 Å². The van der Waals surface area contributed by atoms with Crippen LogP contribution in [0.5, 0.6) is 0 Å². The van der Waals surface area contributed by atoms with Crippen molar-refractivity contribution in [1.29, 1.82) is 0 Å². The maximum Gasteiger partial charge on any atom is 2.00 e. The number of rotatable bonds is 2. The first-order valence-corrected chi connectivity index (χ1v) is 3.97. The third kappa shape index (κ3) is 38.4. The molecule has 0 amide bonds. The van der Waals surface area contributed by atoms with Crippen LogP contribution in [-0.4, -0.2) is 17.0 Å². The second kappa shape index (κ2) is 13.9. The number of allylic oxidation sites excluding steroid dienone is 4. The molecule has 0 aromatic carbocycles. The SMILES string of the molecule is CC(=O)/C=C(/C)[O-].CC(=O)/C=C(/C)[O-].O.[Fe+2]. The number of carbonyl (C=O) groups is 2. The minimum atomic E-state index is -0.187. The van der Waals surface area contributed by atoms with Crippen LogP contribution >= 0.6 is 0 Å². The van der Waals surface area contributed by atoms with Gasteiger partial charge in [0.05, 0.1) is 0 Å². The van der Waals surface area contributed by atoms with Crippen molar-refractivity contribution in [2.45, 2.75) is 27.7 Å². The standard InChI is InChI=1S/2C5H8O2.Fe.H2O/c2*1-4(6)3-5(2)7;;/h2*3,6H,1-2H3;;1H2/q;;+2;/p-2/b2*4-3-;;. The largest absolute Gasteiger partial charge is 2.00 e. The molecule has 0 radical (unpaired) electrons. The van der Waals surface area contributed by atoms with E-state index in [1.54, 1.807) is 0 Å². The fourth-order valence-corrected chi connectivity index (χ4v) is 0.572. The fourth-order valence-electron chi connectivity index (χ4n) is 0.572. The average Bonchev–Trinajstić information content (AvgIpc) is 1.79. The molecule has 0 aliphatic carbocycles. The Hall–Kier alpha value is -1.10. The maximum absolute atomic E-state index is 9.98. The maximum atomic E-state index is 9.98. The van der Waals surface area contributed by atoms with Crippen LogP contribution in [0.4, 0.5) is 0 Å². The smallest absolute Gasteiger partial charge is 0.876 e. The molecule has 0 spiro atoms. The van der Waals surface area contributed by atoms with Gasteiger partial charge >= 0.3 is 17.1 Å². The summed E-state index contributed by atoms with van der Waals surface area (Å²) >= 11 is 0. The summed E-state index contributed by atoms with van der Waals surface area (Å²) in [4.78, 5) is 20.0. The van der Waals surface area contributed by atoms with E-state index < -0.39 is 0 Å². The quantitative estimate of drug-likeness (QED) is 0.359. The Bertz CT molecular complexity index is 232. The average molecular weight is 272 g/mol. The second-order valence-corrected chi connectivity index (χ2v) is 2.73. The molecular weight excluding hydrogens is 256 g/mol. The van der Waals surface area contributed by atoms with Crippen LogP contribution < -0.4 is 10.2 Å². The van der Waals surface area contributed by atoms with Gasteiger partial charge in [-0.15, -0.1) is 11.5 Å². The van der Waals surface area contributed by atoms with E-state index in [0.717, 1.165) is 12.2 Å². The van der Waals surface area contributed by atoms with Gasteiger partial charge in [0.1, 0.15) is 0 Å². The molecule has 0 fully saturated rings. The Kier molecular flexibility index (Phi) is 21.0. The van der Waals surface area contributed by atoms with E-state index in [9.17, 15) is 19.8 Å². The summed E-state index contributed by atoms with van der Waals surface area (Å²) < 4.78 is 0. The van der Waals surface area contributed by atoms with Gasteiger partial charge in [-0.05, 0) is 26.0 Å². The van der Waals surface area contributed by atoms with E-state index in [4.69, 9.17) is 0 Å². The van der Waals surface area contributed by atoms with Crippen LogP contribution in [0.15, 0.2) is 23.7 Å². The van der Waals surface area contributed by atoms with Crippen LogP contribution in [0.25, 0.3) is 0 Å². The van der Waals surface area contributed by atoms with Crippen LogP contribution in [0, 0.1) is 0 Å². The molecule has 0 aromatic rings. The van der Waals surface area contributed by atoms with Gasteiger partial charge in [0.15, 0.2) is 11.6 Å². The topological polar surface area (TPSA) is 112 Å². The molecule has 16 heavy (non-hydrogen) atoms. The van der Waals surface area contributed by atoms with Gasteiger partial charge in [-0.2, -0.15) is 0 Å². The van der Waals surface area contributed by atoms with Gasteiger partial charge in [0, 0.05) is 0 Å². The van der Waals surface area contributed by atoms with Crippen molar-refractivity contribution in [2.24, 2.45) is 0 Å². The zero-order valence-electron chi connectivity index (χ0n) is 9.64. The van der Waals surface area contributed by atoms with Gasteiger partial charge in [0.25, 0.3) is 0 Å². The Morgan fingerprint density at radius 1 is 0.812 bits per heavy atom. The summed E-state index contributed by atoms with van der Waals surface area (Å²) in [7, 11) is 0. The summed E-state index contributed by atoms with van der Waals surface area (Å²) in [6.45, 7) is 5.39. The number of hydrogen-bond donors (Lipinski definition) is 0. The molecule has 0 saturated carbocycles. The fraction of sp³-hybridized carbons (Fsp3) is 0.400. The number of carbonyl (C=O) groups excluding carboxylic acids is 2. The predicted octanol–water partition coefficient (Wildman–Crippen LogP) is -1.15. The third-order valence-electron chi connectivity index (χ3n) is 0.813. The van der Waals surface area contributed by atoms with E-state index in [0.29, 0.717) is 0 Å². The van der Waals surface area contributed by atoms with Crippen LogP contribution in [0.1, 0.15) is 27.7 Å². The molecule has 0 unspecified atom stereocenters. The van der Waals surface area contributed by atoms with Crippen molar-refractivity contribution in [2.75, 3.05) is 0 Å². The Balaban J connectivity index is -0.0000000800. The Morgan fingerprint density at radius 3 is 1.00 bits per heavy atom. The van der Waals surface area contributed by atoms with Crippen LogP contribution in [0.3, 0.4) is 0 Å². The molecular formula is C10H16FeO5.